The minimum absolute atomic E-state index is 0.316. The molecule has 25 heavy (non-hydrogen) atoms. The second-order valence-electron chi connectivity index (χ2n) is 6.34. The Morgan fingerprint density at radius 1 is 1.00 bits per heavy atom. The molecule has 0 heterocycles. The van der Waals surface area contributed by atoms with Crippen molar-refractivity contribution in [3.05, 3.63) is 65.7 Å². The van der Waals surface area contributed by atoms with Gasteiger partial charge in [0, 0.05) is 19.6 Å². The number of nitrogens with one attached hydrogen (secondary N) is 2. The number of benzene rings is 2. The summed E-state index contributed by atoms with van der Waals surface area (Å²) in [6.45, 7) is 3.05. The standard InChI is InChI=1S/C21H29N3O/c1-17(10-11-18-7-4-3-5-8-18)24-21(22-2)23-16-6-9-19-12-14-20(25)15-13-19/h3-5,7-8,12-15,17,25H,6,9-11,16H2,1-2H3,(H2,22,23,24). The smallest absolute Gasteiger partial charge is 0.191 e. The summed E-state index contributed by atoms with van der Waals surface area (Å²) in [5, 5.41) is 16.1. The largest absolute Gasteiger partial charge is 0.508 e. The first kappa shape index (κ1) is 18.8. The van der Waals surface area contributed by atoms with Crippen molar-refractivity contribution in [2.24, 2.45) is 4.99 Å². The summed E-state index contributed by atoms with van der Waals surface area (Å²) >= 11 is 0. The Morgan fingerprint density at radius 2 is 1.68 bits per heavy atom. The molecule has 2 aromatic rings. The third kappa shape index (κ3) is 7.29. The van der Waals surface area contributed by atoms with Crippen LogP contribution in [0.3, 0.4) is 0 Å². The van der Waals surface area contributed by atoms with Gasteiger partial charge in [-0.05, 0) is 55.9 Å². The number of hydrogen-bond donors (Lipinski definition) is 3. The second-order valence-corrected chi connectivity index (χ2v) is 6.34. The maximum Gasteiger partial charge on any atom is 0.191 e. The average Bonchev–Trinajstić information content (AvgIpc) is 2.65. The van der Waals surface area contributed by atoms with Crippen LogP contribution in [0.25, 0.3) is 0 Å². The molecule has 1 unspecified atom stereocenters. The van der Waals surface area contributed by atoms with Gasteiger partial charge in [-0.25, -0.2) is 0 Å². The number of aromatic hydroxyl groups is 1. The predicted molar refractivity (Wildman–Crippen MR) is 105 cm³/mol. The van der Waals surface area contributed by atoms with Crippen molar-refractivity contribution in [2.45, 2.75) is 38.6 Å². The molecule has 4 nitrogen and oxygen atoms in total. The van der Waals surface area contributed by atoms with Gasteiger partial charge in [0.05, 0.1) is 0 Å². The molecular weight excluding hydrogens is 310 g/mol. The van der Waals surface area contributed by atoms with E-state index >= 15 is 0 Å². The van der Waals surface area contributed by atoms with Crippen LogP contribution in [0.2, 0.25) is 0 Å². The van der Waals surface area contributed by atoms with E-state index in [1.54, 1.807) is 19.2 Å². The van der Waals surface area contributed by atoms with Crippen LogP contribution in [0.4, 0.5) is 0 Å². The molecule has 2 aromatic carbocycles. The molecule has 4 heteroatoms. The maximum absolute atomic E-state index is 9.30. The van der Waals surface area contributed by atoms with Gasteiger partial charge in [-0.3, -0.25) is 4.99 Å². The van der Waals surface area contributed by atoms with Gasteiger partial charge >= 0.3 is 0 Å². The van der Waals surface area contributed by atoms with E-state index in [2.05, 4.69) is 52.9 Å². The Balaban J connectivity index is 1.65. The molecule has 0 spiro atoms. The Kier molecular flexibility index (Phi) is 7.83. The summed E-state index contributed by atoms with van der Waals surface area (Å²) in [4.78, 5) is 4.30. The SMILES string of the molecule is CN=C(NCCCc1ccc(O)cc1)NC(C)CCc1ccccc1. The summed E-state index contributed by atoms with van der Waals surface area (Å²) in [7, 11) is 1.80. The van der Waals surface area contributed by atoms with Crippen LogP contribution >= 0.6 is 0 Å². The van der Waals surface area contributed by atoms with Crippen LogP contribution < -0.4 is 10.6 Å². The fourth-order valence-corrected chi connectivity index (χ4v) is 2.69. The number of phenols is 1. The fourth-order valence-electron chi connectivity index (χ4n) is 2.69. The minimum Gasteiger partial charge on any atom is -0.508 e. The van der Waals surface area contributed by atoms with E-state index in [4.69, 9.17) is 0 Å². The minimum atomic E-state index is 0.316. The second kappa shape index (κ2) is 10.4. The van der Waals surface area contributed by atoms with Crippen LogP contribution in [-0.4, -0.2) is 30.7 Å². The van der Waals surface area contributed by atoms with Crippen LogP contribution in [0.15, 0.2) is 59.6 Å². The van der Waals surface area contributed by atoms with Crippen LogP contribution in [0, 0.1) is 0 Å². The van der Waals surface area contributed by atoms with Gasteiger partial charge in [0.25, 0.3) is 0 Å². The molecule has 0 bridgehead atoms. The average molecular weight is 339 g/mol. The molecule has 0 saturated heterocycles. The number of guanidine groups is 1. The van der Waals surface area contributed by atoms with Gasteiger partial charge in [0.1, 0.15) is 5.75 Å². The number of nitrogens with zero attached hydrogens (tertiary/aromatic N) is 1. The third-order valence-corrected chi connectivity index (χ3v) is 4.19. The first-order valence-corrected chi connectivity index (χ1v) is 8.96. The highest BCUT2D eigenvalue weighted by Gasteiger charge is 2.05. The van der Waals surface area contributed by atoms with Crippen molar-refractivity contribution in [3.63, 3.8) is 0 Å². The van der Waals surface area contributed by atoms with Crippen molar-refractivity contribution in [1.29, 1.82) is 0 Å². The van der Waals surface area contributed by atoms with Gasteiger partial charge in [-0.2, -0.15) is 0 Å². The van der Waals surface area contributed by atoms with Crippen molar-refractivity contribution >= 4 is 5.96 Å². The van der Waals surface area contributed by atoms with E-state index in [0.29, 0.717) is 11.8 Å². The molecule has 0 aromatic heterocycles. The lowest BCUT2D eigenvalue weighted by Crippen LogP contribution is -2.42. The van der Waals surface area contributed by atoms with E-state index in [9.17, 15) is 5.11 Å². The molecule has 3 N–H and O–H groups in total. The maximum atomic E-state index is 9.30. The van der Waals surface area contributed by atoms with Crippen molar-refractivity contribution < 1.29 is 5.11 Å². The third-order valence-electron chi connectivity index (χ3n) is 4.19. The Labute approximate surface area is 151 Å². The summed E-state index contributed by atoms with van der Waals surface area (Å²) in [5.41, 5.74) is 2.60. The van der Waals surface area contributed by atoms with Gasteiger partial charge in [0.15, 0.2) is 5.96 Å². The normalized spacial score (nSPS) is 12.6. The van der Waals surface area contributed by atoms with E-state index in [0.717, 1.165) is 38.2 Å². The monoisotopic (exact) mass is 339 g/mol. The highest BCUT2D eigenvalue weighted by Crippen LogP contribution is 2.10. The lowest BCUT2D eigenvalue weighted by atomic mass is 10.1. The first-order valence-electron chi connectivity index (χ1n) is 8.96. The predicted octanol–water partition coefficient (Wildman–Crippen LogP) is 3.51. The van der Waals surface area contributed by atoms with Gasteiger partial charge in [0.2, 0.25) is 0 Å². The molecule has 0 amide bonds. The first-order chi connectivity index (χ1) is 12.2. The van der Waals surface area contributed by atoms with E-state index < -0.39 is 0 Å². The number of hydrogen-bond acceptors (Lipinski definition) is 2. The van der Waals surface area contributed by atoms with Crippen molar-refractivity contribution in [1.82, 2.24) is 10.6 Å². The topological polar surface area (TPSA) is 56.7 Å². The quantitative estimate of drug-likeness (QED) is 0.392. The van der Waals surface area contributed by atoms with Crippen molar-refractivity contribution in [2.75, 3.05) is 13.6 Å². The van der Waals surface area contributed by atoms with E-state index in [1.807, 2.05) is 12.1 Å². The molecule has 0 fully saturated rings. The zero-order valence-electron chi connectivity index (χ0n) is 15.2. The summed E-state index contributed by atoms with van der Waals surface area (Å²) in [6.07, 6.45) is 4.13. The van der Waals surface area contributed by atoms with Gasteiger partial charge < -0.3 is 15.7 Å². The molecule has 0 aliphatic carbocycles. The Hall–Kier alpha value is -2.49. The molecule has 0 aliphatic rings. The number of aryl methyl sites for hydroxylation is 2. The molecule has 1 atom stereocenters. The molecule has 0 saturated carbocycles. The molecule has 134 valence electrons. The summed E-state index contributed by atoms with van der Waals surface area (Å²) in [6, 6.07) is 18.3. The number of phenolic OH excluding ortho intramolecular Hbond substituents is 1. The van der Waals surface area contributed by atoms with E-state index in [-0.39, 0.29) is 0 Å². The highest BCUT2D eigenvalue weighted by molar-refractivity contribution is 5.79. The molecule has 2 rings (SSSR count). The molecule has 0 aliphatic heterocycles. The van der Waals surface area contributed by atoms with Crippen LogP contribution in [0.1, 0.15) is 30.9 Å². The fraction of sp³-hybridized carbons (Fsp3) is 0.381. The van der Waals surface area contributed by atoms with Crippen LogP contribution in [0.5, 0.6) is 5.75 Å². The summed E-state index contributed by atoms with van der Waals surface area (Å²) in [5.74, 6) is 1.17. The number of aliphatic imine (C=N–C) groups is 1. The Morgan fingerprint density at radius 3 is 2.36 bits per heavy atom. The molecular formula is C21H29N3O. The lowest BCUT2D eigenvalue weighted by Gasteiger charge is -2.18. The summed E-state index contributed by atoms with van der Waals surface area (Å²) < 4.78 is 0. The van der Waals surface area contributed by atoms with Gasteiger partial charge in [-0.1, -0.05) is 42.5 Å². The highest BCUT2D eigenvalue weighted by atomic mass is 16.3. The van der Waals surface area contributed by atoms with Crippen LogP contribution in [-0.2, 0) is 12.8 Å². The number of rotatable bonds is 8. The van der Waals surface area contributed by atoms with E-state index in [1.165, 1.54) is 11.1 Å². The van der Waals surface area contributed by atoms with Gasteiger partial charge in [-0.15, -0.1) is 0 Å². The zero-order valence-corrected chi connectivity index (χ0v) is 15.2. The molecule has 0 radical (unpaired) electrons. The zero-order chi connectivity index (χ0) is 17.9. The lowest BCUT2D eigenvalue weighted by molar-refractivity contribution is 0.475. The Bertz CT molecular complexity index is 638. The van der Waals surface area contributed by atoms with Crippen molar-refractivity contribution in [3.8, 4) is 5.75 Å².